The Hall–Kier alpha value is -4.03. The van der Waals surface area contributed by atoms with E-state index < -0.39 is 47.7 Å². The Kier molecular flexibility index (Phi) is 10.5. The molecule has 2 saturated heterocycles. The van der Waals surface area contributed by atoms with Crippen molar-refractivity contribution in [1.82, 2.24) is 14.8 Å². The molecule has 3 heterocycles. The number of hydrogen-bond donors (Lipinski definition) is 2. The molecule has 2 N–H and O–H groups in total. The highest BCUT2D eigenvalue weighted by Gasteiger charge is 2.40. The van der Waals surface area contributed by atoms with E-state index in [1.807, 2.05) is 39.8 Å². The second-order valence-electron chi connectivity index (χ2n) is 14.8. The van der Waals surface area contributed by atoms with Gasteiger partial charge >= 0.3 is 12.1 Å². The standard InChI is InChI=1S/C39H45F4N3O5/c1-21(2)10-34(46-18-25(32(16-35(46)47)39(41,42)43)8-9-45-19-29-15-28(45)20-51-29)38(50)44-33(17-36(48)49)26-13-24-6-5-7-30(24)31(14-26)37-22(3)11-27(40)12-23(37)4/h11-14,16,18,21,28-29,33-34H,5-10,15,17,19-20H2,1-4H3,(H,44,50)(H,48,49)/t28-,29-,33?,34+/m0/s1. The van der Waals surface area contributed by atoms with Gasteiger partial charge in [-0.25, -0.2) is 4.39 Å². The zero-order valence-electron chi connectivity index (χ0n) is 29.4. The van der Waals surface area contributed by atoms with Crippen LogP contribution in [0.4, 0.5) is 17.6 Å². The molecule has 2 bridgehead atoms. The average molecular weight is 712 g/mol. The SMILES string of the molecule is Cc1cc(F)cc(C)c1-c1cc(C(CC(=O)O)NC(=O)[C@@H](CC(C)C)n2cc(CCN3C[C@@H]4C[C@H]3CO4)c(C(F)(F)F)cc2=O)cc2c1CCC2. The van der Waals surface area contributed by atoms with E-state index in [0.29, 0.717) is 31.3 Å². The van der Waals surface area contributed by atoms with Gasteiger partial charge in [0.15, 0.2) is 0 Å². The Bertz CT molecular complexity index is 1860. The summed E-state index contributed by atoms with van der Waals surface area (Å²) >= 11 is 0. The number of carboxylic acid groups (broad SMARTS) is 1. The molecule has 0 spiro atoms. The minimum absolute atomic E-state index is 0.0239. The van der Waals surface area contributed by atoms with Gasteiger partial charge in [-0.3, -0.25) is 19.3 Å². The van der Waals surface area contributed by atoms with Gasteiger partial charge in [0.05, 0.1) is 30.7 Å². The predicted molar refractivity (Wildman–Crippen MR) is 184 cm³/mol. The lowest BCUT2D eigenvalue weighted by molar-refractivity contribution is -0.139. The van der Waals surface area contributed by atoms with Gasteiger partial charge in [-0.15, -0.1) is 0 Å². The summed E-state index contributed by atoms with van der Waals surface area (Å²) in [6, 6.07) is 5.21. The van der Waals surface area contributed by atoms with Crippen LogP contribution in [0.3, 0.4) is 0 Å². The van der Waals surface area contributed by atoms with Crippen molar-refractivity contribution in [3.8, 4) is 11.1 Å². The van der Waals surface area contributed by atoms with Gasteiger partial charge in [-0.05, 0) is 121 Å². The number of carbonyl (C=O) groups is 2. The van der Waals surface area contributed by atoms with Gasteiger partial charge in [0.2, 0.25) is 5.91 Å². The summed E-state index contributed by atoms with van der Waals surface area (Å²) in [6.07, 6.45) is -0.531. The van der Waals surface area contributed by atoms with E-state index in [1.165, 1.54) is 18.3 Å². The third kappa shape index (κ3) is 7.91. The van der Waals surface area contributed by atoms with Gasteiger partial charge in [-0.1, -0.05) is 19.9 Å². The number of carboxylic acids is 1. The number of aromatic nitrogens is 1. The molecule has 3 aliphatic rings. The molecule has 2 aliphatic heterocycles. The van der Waals surface area contributed by atoms with Gasteiger partial charge < -0.3 is 19.7 Å². The highest BCUT2D eigenvalue weighted by Crippen LogP contribution is 2.39. The summed E-state index contributed by atoms with van der Waals surface area (Å²) in [4.78, 5) is 42.0. The number of aryl methyl sites for hydroxylation is 3. The summed E-state index contributed by atoms with van der Waals surface area (Å²) in [5.74, 6) is -2.31. The maximum atomic E-state index is 14.3. The number of fused-ring (bicyclic) bond motifs is 3. The normalized spacial score (nSPS) is 19.8. The van der Waals surface area contributed by atoms with E-state index in [2.05, 4.69) is 10.2 Å². The van der Waals surface area contributed by atoms with Gasteiger partial charge in [0.25, 0.3) is 5.56 Å². The number of aliphatic carboxylic acids is 1. The second-order valence-corrected chi connectivity index (χ2v) is 14.8. The molecule has 1 amide bonds. The van der Waals surface area contributed by atoms with E-state index in [0.717, 1.165) is 63.6 Å². The third-order valence-corrected chi connectivity index (χ3v) is 10.6. The van der Waals surface area contributed by atoms with Crippen LogP contribution in [0.15, 0.2) is 41.3 Å². The van der Waals surface area contributed by atoms with Crippen molar-refractivity contribution in [3.05, 3.63) is 91.6 Å². The van der Waals surface area contributed by atoms with E-state index in [-0.39, 0.29) is 42.3 Å². The minimum atomic E-state index is -4.77. The van der Waals surface area contributed by atoms with Crippen LogP contribution in [0.5, 0.6) is 0 Å². The summed E-state index contributed by atoms with van der Waals surface area (Å²) in [6.45, 7) is 8.86. The Morgan fingerprint density at radius 1 is 1.08 bits per heavy atom. The molecule has 0 saturated carbocycles. The van der Waals surface area contributed by atoms with Crippen LogP contribution in [-0.2, 0) is 39.8 Å². The fourth-order valence-electron chi connectivity index (χ4n) is 8.29. The number of alkyl halides is 3. The summed E-state index contributed by atoms with van der Waals surface area (Å²) < 4.78 is 63.7. The van der Waals surface area contributed by atoms with Gasteiger partial charge in [0, 0.05) is 31.4 Å². The van der Waals surface area contributed by atoms with E-state index >= 15 is 0 Å². The molecule has 1 unspecified atom stereocenters. The number of carbonyl (C=O) groups excluding carboxylic acids is 1. The van der Waals surface area contributed by atoms with Crippen LogP contribution < -0.4 is 10.9 Å². The van der Waals surface area contributed by atoms with Crippen molar-refractivity contribution in [3.63, 3.8) is 0 Å². The molecule has 12 heteroatoms. The number of morpholine rings is 1. The molecule has 6 rings (SSSR count). The molecule has 1 aromatic heterocycles. The lowest BCUT2D eigenvalue weighted by Crippen LogP contribution is -2.41. The number of likely N-dealkylation sites (tertiary alicyclic amines) is 1. The monoisotopic (exact) mass is 711 g/mol. The number of nitrogens with zero attached hydrogens (tertiary/aromatic N) is 2. The zero-order chi connectivity index (χ0) is 36.8. The molecule has 274 valence electrons. The minimum Gasteiger partial charge on any atom is -0.481 e. The number of amides is 1. The number of nitrogens with one attached hydrogen (secondary N) is 1. The van der Waals surface area contributed by atoms with Crippen molar-refractivity contribution < 1.29 is 37.0 Å². The number of ether oxygens (including phenoxy) is 1. The van der Waals surface area contributed by atoms with Crippen molar-refractivity contribution in [2.45, 2.75) is 103 Å². The van der Waals surface area contributed by atoms with Crippen molar-refractivity contribution in [1.29, 1.82) is 0 Å². The Labute approximate surface area is 294 Å². The number of hydrogen-bond acceptors (Lipinski definition) is 5. The Morgan fingerprint density at radius 2 is 1.80 bits per heavy atom. The number of halogens is 4. The largest absolute Gasteiger partial charge is 0.481 e. The number of pyridine rings is 1. The van der Waals surface area contributed by atoms with Gasteiger partial charge in [0.1, 0.15) is 11.9 Å². The van der Waals surface area contributed by atoms with Crippen molar-refractivity contribution in [2.24, 2.45) is 5.92 Å². The van der Waals surface area contributed by atoms with E-state index in [9.17, 15) is 37.1 Å². The van der Waals surface area contributed by atoms with E-state index in [4.69, 9.17) is 4.74 Å². The van der Waals surface area contributed by atoms with Crippen LogP contribution in [0.1, 0.15) is 90.6 Å². The van der Waals surface area contributed by atoms with Crippen LogP contribution in [0, 0.1) is 25.6 Å². The first-order chi connectivity index (χ1) is 24.1. The number of rotatable bonds is 12. The van der Waals surface area contributed by atoms with Crippen LogP contribution >= 0.6 is 0 Å². The summed E-state index contributed by atoms with van der Waals surface area (Å²) in [5, 5.41) is 12.8. The number of benzene rings is 2. The molecular weight excluding hydrogens is 666 g/mol. The highest BCUT2D eigenvalue weighted by molar-refractivity contribution is 5.82. The van der Waals surface area contributed by atoms with Gasteiger partial charge in [-0.2, -0.15) is 13.2 Å². The topological polar surface area (TPSA) is 101 Å². The second kappa shape index (κ2) is 14.5. The molecule has 2 fully saturated rings. The zero-order valence-corrected chi connectivity index (χ0v) is 29.4. The smallest absolute Gasteiger partial charge is 0.416 e. The molecule has 8 nitrogen and oxygen atoms in total. The van der Waals surface area contributed by atoms with Crippen LogP contribution in [0.2, 0.25) is 0 Å². The lowest BCUT2D eigenvalue weighted by Gasteiger charge is -2.28. The highest BCUT2D eigenvalue weighted by atomic mass is 19.4. The molecule has 4 atom stereocenters. The van der Waals surface area contributed by atoms with Crippen LogP contribution in [-0.4, -0.2) is 58.3 Å². The molecule has 3 aromatic rings. The predicted octanol–water partition coefficient (Wildman–Crippen LogP) is 6.71. The fraction of sp³-hybridized carbons (Fsp3) is 0.513. The fourth-order valence-corrected chi connectivity index (χ4v) is 8.29. The lowest BCUT2D eigenvalue weighted by atomic mass is 9.87. The first-order valence-corrected chi connectivity index (χ1v) is 17.7. The quantitative estimate of drug-likeness (QED) is 0.203. The van der Waals surface area contributed by atoms with Crippen LogP contribution in [0.25, 0.3) is 11.1 Å². The molecular formula is C39H45F4N3O5. The maximum Gasteiger partial charge on any atom is 0.416 e. The summed E-state index contributed by atoms with van der Waals surface area (Å²) in [7, 11) is 0. The molecule has 1 aliphatic carbocycles. The summed E-state index contributed by atoms with van der Waals surface area (Å²) in [5.41, 5.74) is 3.80. The maximum absolute atomic E-state index is 14.3. The molecule has 51 heavy (non-hydrogen) atoms. The first-order valence-electron chi connectivity index (χ1n) is 17.7. The Balaban J connectivity index is 1.36. The Morgan fingerprint density at radius 3 is 2.41 bits per heavy atom. The van der Waals surface area contributed by atoms with Crippen molar-refractivity contribution in [2.75, 3.05) is 19.7 Å². The van der Waals surface area contributed by atoms with Crippen molar-refractivity contribution >= 4 is 11.9 Å². The third-order valence-electron chi connectivity index (χ3n) is 10.6. The average Bonchev–Trinajstić information content (AvgIpc) is 3.79. The first kappa shape index (κ1) is 36.8. The molecule has 2 aromatic carbocycles. The van der Waals surface area contributed by atoms with E-state index in [1.54, 1.807) is 0 Å². The molecule has 0 radical (unpaired) electrons.